The van der Waals surface area contributed by atoms with Crippen molar-refractivity contribution in [2.24, 2.45) is 0 Å². The summed E-state index contributed by atoms with van der Waals surface area (Å²) < 4.78 is 14.2. The molecule has 5 nitrogen and oxygen atoms in total. The number of hydrazine groups is 1. The minimum absolute atomic E-state index is 0.205. The van der Waals surface area contributed by atoms with Gasteiger partial charge in [-0.05, 0) is 62.2 Å². The third-order valence-electron chi connectivity index (χ3n) is 5.69. The van der Waals surface area contributed by atoms with Gasteiger partial charge in [-0.2, -0.15) is 0 Å². The number of imidazole rings is 1. The molecule has 2 aromatic carbocycles. The lowest BCUT2D eigenvalue weighted by Gasteiger charge is -2.26. The van der Waals surface area contributed by atoms with Gasteiger partial charge in [0, 0.05) is 41.3 Å². The van der Waals surface area contributed by atoms with E-state index in [1.807, 2.05) is 40.8 Å². The van der Waals surface area contributed by atoms with Crippen LogP contribution in [0, 0.1) is 18.8 Å². The Labute approximate surface area is 208 Å². The summed E-state index contributed by atoms with van der Waals surface area (Å²) in [5, 5.41) is 2.91. The first-order valence-corrected chi connectivity index (χ1v) is 12.0. The van der Waals surface area contributed by atoms with Gasteiger partial charge in [0.2, 0.25) is 0 Å². The van der Waals surface area contributed by atoms with Gasteiger partial charge in [0.15, 0.2) is 5.69 Å². The molecule has 0 radical (unpaired) electrons. The number of halogens is 3. The van der Waals surface area contributed by atoms with E-state index in [0.29, 0.717) is 32.8 Å². The predicted molar refractivity (Wildman–Crippen MR) is 134 cm³/mol. The van der Waals surface area contributed by atoms with Crippen LogP contribution in [0.3, 0.4) is 0 Å². The van der Waals surface area contributed by atoms with E-state index in [4.69, 9.17) is 28.2 Å². The second-order valence-electron chi connectivity index (χ2n) is 8.11. The third-order valence-corrected chi connectivity index (χ3v) is 6.24. The summed E-state index contributed by atoms with van der Waals surface area (Å²) in [6, 6.07) is 12.7. The van der Waals surface area contributed by atoms with Gasteiger partial charge >= 0.3 is 0 Å². The first kappa shape index (κ1) is 24.3. The number of nitrogens with one attached hydrogen (secondary N) is 1. The van der Waals surface area contributed by atoms with Gasteiger partial charge in [-0.15, -0.1) is 0 Å². The van der Waals surface area contributed by atoms with Crippen molar-refractivity contribution in [1.82, 2.24) is 20.0 Å². The SMILES string of the molecule is Cc1c(C(=O)NN2CCCCC2)nc(-c2ccc(Cl)cc2Cl)n1-c1ccc(C#CCCF)cc1. The lowest BCUT2D eigenvalue weighted by atomic mass is 10.1. The maximum Gasteiger partial charge on any atom is 0.286 e. The van der Waals surface area contributed by atoms with E-state index in [1.165, 1.54) is 6.42 Å². The highest BCUT2D eigenvalue weighted by molar-refractivity contribution is 6.36. The minimum Gasteiger partial charge on any atom is -0.296 e. The molecular formula is C26H25Cl2FN4O. The van der Waals surface area contributed by atoms with Crippen LogP contribution in [0.1, 0.15) is 47.4 Å². The Morgan fingerprint density at radius 3 is 2.53 bits per heavy atom. The molecule has 1 aliphatic rings. The topological polar surface area (TPSA) is 50.2 Å². The molecule has 3 aromatic rings. The molecule has 34 heavy (non-hydrogen) atoms. The number of hydrogen-bond acceptors (Lipinski definition) is 3. The molecule has 8 heteroatoms. The Morgan fingerprint density at radius 1 is 1.12 bits per heavy atom. The van der Waals surface area contributed by atoms with E-state index in [0.717, 1.165) is 37.2 Å². The molecule has 0 unspecified atom stereocenters. The Morgan fingerprint density at radius 2 is 1.85 bits per heavy atom. The summed E-state index contributed by atoms with van der Waals surface area (Å²) in [4.78, 5) is 17.9. The van der Waals surface area contributed by atoms with Gasteiger partial charge < -0.3 is 0 Å². The van der Waals surface area contributed by atoms with Crippen molar-refractivity contribution in [3.8, 4) is 28.9 Å². The van der Waals surface area contributed by atoms with Crippen LogP contribution in [-0.4, -0.2) is 40.2 Å². The second kappa shape index (κ2) is 11.1. The fourth-order valence-corrected chi connectivity index (χ4v) is 4.48. The van der Waals surface area contributed by atoms with Gasteiger partial charge in [0.25, 0.3) is 5.91 Å². The summed E-state index contributed by atoms with van der Waals surface area (Å²) in [6.07, 6.45) is 3.49. The summed E-state index contributed by atoms with van der Waals surface area (Å²) in [5.74, 6) is 6.04. The Balaban J connectivity index is 1.76. The molecule has 1 saturated heterocycles. The first-order valence-electron chi connectivity index (χ1n) is 11.2. The third kappa shape index (κ3) is 5.44. The molecule has 0 spiro atoms. The van der Waals surface area contributed by atoms with Crippen molar-refractivity contribution in [3.05, 3.63) is 69.5 Å². The van der Waals surface area contributed by atoms with E-state index in [-0.39, 0.29) is 12.3 Å². The van der Waals surface area contributed by atoms with E-state index in [9.17, 15) is 9.18 Å². The lowest BCUT2D eigenvalue weighted by molar-refractivity contribution is 0.0744. The van der Waals surface area contributed by atoms with Crippen molar-refractivity contribution in [3.63, 3.8) is 0 Å². The zero-order valence-electron chi connectivity index (χ0n) is 18.9. The number of piperidine rings is 1. The predicted octanol–water partition coefficient (Wildman–Crippen LogP) is 6.00. The summed E-state index contributed by atoms with van der Waals surface area (Å²) in [5.41, 5.74) is 6.27. The highest BCUT2D eigenvalue weighted by atomic mass is 35.5. The van der Waals surface area contributed by atoms with Gasteiger partial charge in [0.05, 0.1) is 10.7 Å². The molecule has 4 rings (SSSR count). The Hall–Kier alpha value is -2.85. The van der Waals surface area contributed by atoms with Crippen molar-refractivity contribution in [2.45, 2.75) is 32.6 Å². The van der Waals surface area contributed by atoms with Crippen LogP contribution in [0.2, 0.25) is 10.0 Å². The van der Waals surface area contributed by atoms with E-state index in [2.05, 4.69) is 17.3 Å². The quantitative estimate of drug-likeness (QED) is 0.439. The molecule has 2 heterocycles. The van der Waals surface area contributed by atoms with E-state index < -0.39 is 6.67 Å². The number of alkyl halides is 1. The van der Waals surface area contributed by atoms with Crippen LogP contribution in [0.25, 0.3) is 17.1 Å². The normalized spacial score (nSPS) is 13.9. The smallest absolute Gasteiger partial charge is 0.286 e. The van der Waals surface area contributed by atoms with Crippen LogP contribution in [-0.2, 0) is 0 Å². The van der Waals surface area contributed by atoms with E-state index >= 15 is 0 Å². The number of amides is 1. The minimum atomic E-state index is -0.465. The largest absolute Gasteiger partial charge is 0.296 e. The van der Waals surface area contributed by atoms with Crippen LogP contribution in [0.4, 0.5) is 4.39 Å². The average Bonchev–Trinajstić information content (AvgIpc) is 3.17. The summed E-state index contributed by atoms with van der Waals surface area (Å²) in [6.45, 7) is 3.05. The van der Waals surface area contributed by atoms with Crippen LogP contribution < -0.4 is 5.43 Å². The summed E-state index contributed by atoms with van der Waals surface area (Å²) in [7, 11) is 0. The maximum absolute atomic E-state index is 13.2. The zero-order chi connectivity index (χ0) is 24.1. The molecule has 1 fully saturated rings. The molecule has 1 aliphatic heterocycles. The monoisotopic (exact) mass is 498 g/mol. The zero-order valence-corrected chi connectivity index (χ0v) is 20.4. The molecule has 176 valence electrons. The number of rotatable bonds is 5. The van der Waals surface area contributed by atoms with Gasteiger partial charge in [-0.3, -0.25) is 19.2 Å². The highest BCUT2D eigenvalue weighted by Crippen LogP contribution is 2.33. The van der Waals surface area contributed by atoms with Gasteiger partial charge in [-0.1, -0.05) is 41.5 Å². The van der Waals surface area contributed by atoms with Crippen LogP contribution in [0.5, 0.6) is 0 Å². The number of nitrogens with zero attached hydrogens (tertiary/aromatic N) is 3. The average molecular weight is 499 g/mol. The van der Waals surface area contributed by atoms with Gasteiger partial charge in [-0.25, -0.2) is 9.99 Å². The summed E-state index contributed by atoms with van der Waals surface area (Å²) >= 11 is 12.6. The number of aromatic nitrogens is 2. The fourth-order valence-electron chi connectivity index (χ4n) is 3.99. The second-order valence-corrected chi connectivity index (χ2v) is 8.95. The Bertz CT molecular complexity index is 1240. The number of carbonyl (C=O) groups is 1. The molecule has 1 amide bonds. The maximum atomic E-state index is 13.2. The molecule has 0 bridgehead atoms. The number of carbonyl (C=O) groups excluding carboxylic acids is 1. The molecule has 1 aromatic heterocycles. The fraction of sp³-hybridized carbons (Fsp3) is 0.308. The van der Waals surface area contributed by atoms with Crippen LogP contribution >= 0.6 is 23.2 Å². The molecule has 1 N–H and O–H groups in total. The van der Waals surface area contributed by atoms with Gasteiger partial charge in [0.1, 0.15) is 12.5 Å². The van der Waals surface area contributed by atoms with Crippen molar-refractivity contribution in [2.75, 3.05) is 19.8 Å². The molecular weight excluding hydrogens is 474 g/mol. The Kier molecular flexibility index (Phi) is 7.89. The van der Waals surface area contributed by atoms with Crippen molar-refractivity contribution < 1.29 is 9.18 Å². The first-order chi connectivity index (χ1) is 16.5. The molecule has 0 atom stereocenters. The molecule has 0 saturated carbocycles. The van der Waals surface area contributed by atoms with Crippen LogP contribution in [0.15, 0.2) is 42.5 Å². The number of benzene rings is 2. The standard InChI is InChI=1S/C26H25Cl2FN4O/c1-18-24(26(34)31-32-15-5-2-6-16-32)30-25(22-13-10-20(27)17-23(22)28)33(18)21-11-8-19(9-12-21)7-3-4-14-29/h8-13,17H,2,4-6,14-16H2,1H3,(H,31,34). The van der Waals surface area contributed by atoms with Crippen molar-refractivity contribution >= 4 is 29.1 Å². The van der Waals surface area contributed by atoms with E-state index in [1.54, 1.807) is 18.2 Å². The highest BCUT2D eigenvalue weighted by Gasteiger charge is 2.24. The number of hydrogen-bond donors (Lipinski definition) is 1. The van der Waals surface area contributed by atoms with Crippen molar-refractivity contribution in [1.29, 1.82) is 0 Å². The molecule has 0 aliphatic carbocycles. The lowest BCUT2D eigenvalue weighted by Crippen LogP contribution is -2.45.